The predicted molar refractivity (Wildman–Crippen MR) is 40.6 cm³/mol. The molecule has 12 heavy (non-hydrogen) atoms. The lowest BCUT2D eigenvalue weighted by Crippen LogP contribution is -2.02. The van der Waals surface area contributed by atoms with Gasteiger partial charge in [-0.15, -0.1) is 0 Å². The van der Waals surface area contributed by atoms with E-state index < -0.39 is 5.97 Å². The molecule has 2 N–H and O–H groups in total. The van der Waals surface area contributed by atoms with Crippen LogP contribution in [-0.2, 0) is 11.2 Å². The summed E-state index contributed by atoms with van der Waals surface area (Å²) in [4.78, 5) is 14.7. The third kappa shape index (κ3) is 1.82. The van der Waals surface area contributed by atoms with Crippen LogP contribution in [0.2, 0.25) is 0 Å². The number of hydrogen-bond acceptors (Lipinski definition) is 5. The lowest BCUT2D eigenvalue weighted by Gasteiger charge is -1.91. The monoisotopic (exact) mass is 170 g/mol. The second kappa shape index (κ2) is 3.87. The largest absolute Gasteiger partial charge is 0.463 e. The maximum atomic E-state index is 10.8. The van der Waals surface area contributed by atoms with Crippen molar-refractivity contribution in [3.05, 3.63) is 17.8 Å². The molecule has 1 heterocycles. The molecule has 0 saturated carbocycles. The summed E-state index contributed by atoms with van der Waals surface area (Å²) in [6.07, 6.45) is 1.85. The van der Waals surface area contributed by atoms with Crippen molar-refractivity contribution in [3.8, 4) is 0 Å². The van der Waals surface area contributed by atoms with Gasteiger partial charge in [0.05, 0.1) is 13.3 Å². The summed E-state index contributed by atoms with van der Waals surface area (Å²) in [6, 6.07) is 0. The smallest absolute Gasteiger partial charge is 0.375 e. The van der Waals surface area contributed by atoms with Gasteiger partial charge in [0.15, 0.2) is 5.89 Å². The fraction of sp³-hybridized carbons (Fsp3) is 0.429. The van der Waals surface area contributed by atoms with Gasteiger partial charge in [-0.2, -0.15) is 0 Å². The van der Waals surface area contributed by atoms with E-state index in [1.807, 2.05) is 0 Å². The number of hydrogen-bond donors (Lipinski definition) is 1. The summed E-state index contributed by atoms with van der Waals surface area (Å²) in [5.74, 6) is 0.0459. The van der Waals surface area contributed by atoms with Crippen LogP contribution in [0.3, 0.4) is 0 Å². The Kier molecular flexibility index (Phi) is 2.82. The molecule has 1 aromatic heterocycles. The highest BCUT2D eigenvalue weighted by atomic mass is 16.5. The molecule has 0 aliphatic rings. The van der Waals surface area contributed by atoms with Gasteiger partial charge in [0.1, 0.15) is 0 Å². The van der Waals surface area contributed by atoms with Crippen molar-refractivity contribution in [1.29, 1.82) is 0 Å². The number of carbonyl (C=O) groups excluding carboxylic acids is 1. The highest BCUT2D eigenvalue weighted by Gasteiger charge is 2.11. The fourth-order valence-corrected chi connectivity index (χ4v) is 0.744. The van der Waals surface area contributed by atoms with Gasteiger partial charge in [-0.05, 0) is 0 Å². The Morgan fingerprint density at radius 1 is 1.83 bits per heavy atom. The van der Waals surface area contributed by atoms with Crippen LogP contribution >= 0.6 is 0 Å². The predicted octanol–water partition coefficient (Wildman–Crippen LogP) is -0.0376. The van der Waals surface area contributed by atoms with Crippen molar-refractivity contribution in [1.82, 2.24) is 4.98 Å². The van der Waals surface area contributed by atoms with Crippen LogP contribution in [0, 0.1) is 0 Å². The van der Waals surface area contributed by atoms with Gasteiger partial charge in [-0.25, -0.2) is 9.78 Å². The maximum Gasteiger partial charge on any atom is 0.375 e. The van der Waals surface area contributed by atoms with E-state index in [1.54, 1.807) is 0 Å². The molecule has 0 aliphatic carbocycles. The molecule has 5 nitrogen and oxygen atoms in total. The first-order chi connectivity index (χ1) is 5.77. The van der Waals surface area contributed by atoms with Crippen LogP contribution < -0.4 is 5.73 Å². The number of methoxy groups -OCH3 is 1. The number of nitrogens with zero attached hydrogens (tertiary/aromatic N) is 1. The van der Waals surface area contributed by atoms with E-state index in [4.69, 9.17) is 10.2 Å². The molecule has 0 aromatic carbocycles. The summed E-state index contributed by atoms with van der Waals surface area (Å²) < 4.78 is 9.43. The molecule has 0 fully saturated rings. The lowest BCUT2D eigenvalue weighted by molar-refractivity contribution is 0.0563. The Hall–Kier alpha value is -1.36. The zero-order chi connectivity index (χ0) is 8.97. The first-order valence-corrected chi connectivity index (χ1v) is 3.51. The molecule has 0 bridgehead atoms. The number of aromatic nitrogens is 1. The van der Waals surface area contributed by atoms with Crippen LogP contribution in [0.1, 0.15) is 16.4 Å². The van der Waals surface area contributed by atoms with Gasteiger partial charge in [0.2, 0.25) is 5.76 Å². The van der Waals surface area contributed by atoms with Crippen molar-refractivity contribution in [2.24, 2.45) is 5.73 Å². The van der Waals surface area contributed by atoms with E-state index in [9.17, 15) is 4.79 Å². The third-order valence-corrected chi connectivity index (χ3v) is 1.30. The minimum absolute atomic E-state index is 0.112. The lowest BCUT2D eigenvalue weighted by atomic mass is 10.4. The zero-order valence-corrected chi connectivity index (χ0v) is 6.74. The fourth-order valence-electron chi connectivity index (χ4n) is 0.744. The molecule has 1 rings (SSSR count). The molecule has 0 radical (unpaired) electrons. The number of nitrogens with two attached hydrogens (primary N) is 1. The Morgan fingerprint density at radius 2 is 2.58 bits per heavy atom. The Bertz CT molecular complexity index is 269. The molecule has 0 spiro atoms. The molecular weight excluding hydrogens is 160 g/mol. The first kappa shape index (κ1) is 8.73. The van der Waals surface area contributed by atoms with Crippen molar-refractivity contribution >= 4 is 5.97 Å². The van der Waals surface area contributed by atoms with Crippen molar-refractivity contribution in [2.75, 3.05) is 13.7 Å². The number of oxazole rings is 1. The molecule has 1 aromatic rings. The summed E-state index contributed by atoms with van der Waals surface area (Å²) >= 11 is 0. The molecule has 0 unspecified atom stereocenters. The molecular formula is C7H10N2O3. The number of carbonyl (C=O) groups is 1. The van der Waals surface area contributed by atoms with E-state index in [-0.39, 0.29) is 5.76 Å². The second-order valence-electron chi connectivity index (χ2n) is 2.15. The quantitative estimate of drug-likeness (QED) is 0.644. The molecule has 0 amide bonds. The summed E-state index contributed by atoms with van der Waals surface area (Å²) in [5.41, 5.74) is 5.26. The standard InChI is InChI=1S/C7H10N2O3/c1-11-7(10)5-4-9-6(12-5)2-3-8/h4H,2-3,8H2,1H3. The topological polar surface area (TPSA) is 78.3 Å². The number of rotatable bonds is 3. The molecule has 0 atom stereocenters. The van der Waals surface area contributed by atoms with Crippen molar-refractivity contribution in [3.63, 3.8) is 0 Å². The maximum absolute atomic E-state index is 10.8. The van der Waals surface area contributed by atoms with Gasteiger partial charge in [-0.3, -0.25) is 0 Å². The van der Waals surface area contributed by atoms with E-state index in [1.165, 1.54) is 13.3 Å². The van der Waals surface area contributed by atoms with Gasteiger partial charge in [0.25, 0.3) is 0 Å². The number of ether oxygens (including phenoxy) is 1. The van der Waals surface area contributed by atoms with Crippen LogP contribution in [0.4, 0.5) is 0 Å². The van der Waals surface area contributed by atoms with Crippen LogP contribution in [0.5, 0.6) is 0 Å². The van der Waals surface area contributed by atoms with Crippen molar-refractivity contribution < 1.29 is 13.9 Å². The third-order valence-electron chi connectivity index (χ3n) is 1.30. The Morgan fingerprint density at radius 3 is 3.17 bits per heavy atom. The van der Waals surface area contributed by atoms with Crippen molar-refractivity contribution in [2.45, 2.75) is 6.42 Å². The molecule has 0 saturated heterocycles. The summed E-state index contributed by atoms with van der Waals surface area (Å²) in [7, 11) is 1.29. The summed E-state index contributed by atoms with van der Waals surface area (Å²) in [6.45, 7) is 0.446. The Labute approximate surface area is 69.5 Å². The molecule has 5 heteroatoms. The normalized spacial score (nSPS) is 9.83. The Balaban J connectivity index is 2.70. The van der Waals surface area contributed by atoms with E-state index in [2.05, 4.69) is 9.72 Å². The molecule has 0 aliphatic heterocycles. The van der Waals surface area contributed by atoms with Gasteiger partial charge in [-0.1, -0.05) is 0 Å². The van der Waals surface area contributed by atoms with E-state index >= 15 is 0 Å². The average molecular weight is 170 g/mol. The SMILES string of the molecule is COC(=O)c1cnc(CCN)o1. The highest BCUT2D eigenvalue weighted by molar-refractivity contribution is 5.85. The van der Waals surface area contributed by atoms with Gasteiger partial charge in [0, 0.05) is 13.0 Å². The van der Waals surface area contributed by atoms with E-state index in [0.717, 1.165) is 0 Å². The highest BCUT2D eigenvalue weighted by Crippen LogP contribution is 2.04. The summed E-state index contributed by atoms with van der Waals surface area (Å²) in [5, 5.41) is 0. The zero-order valence-electron chi connectivity index (χ0n) is 6.74. The second-order valence-corrected chi connectivity index (χ2v) is 2.15. The van der Waals surface area contributed by atoms with Gasteiger partial charge < -0.3 is 14.9 Å². The van der Waals surface area contributed by atoms with Gasteiger partial charge >= 0.3 is 5.97 Å². The van der Waals surface area contributed by atoms with Crippen LogP contribution in [0.15, 0.2) is 10.6 Å². The molecule has 66 valence electrons. The number of esters is 1. The minimum Gasteiger partial charge on any atom is -0.463 e. The average Bonchev–Trinajstić information content (AvgIpc) is 2.52. The van der Waals surface area contributed by atoms with Crippen LogP contribution in [0.25, 0.3) is 0 Å². The van der Waals surface area contributed by atoms with Crippen LogP contribution in [-0.4, -0.2) is 24.6 Å². The minimum atomic E-state index is -0.522. The van der Waals surface area contributed by atoms with E-state index in [0.29, 0.717) is 18.9 Å². The first-order valence-electron chi connectivity index (χ1n) is 3.51.